The molecule has 0 amide bonds. The zero-order valence-electron chi connectivity index (χ0n) is 13.4. The van der Waals surface area contributed by atoms with Crippen LogP contribution >= 0.6 is 0 Å². The highest BCUT2D eigenvalue weighted by Gasteiger charge is 2.30. The molecule has 0 saturated carbocycles. The number of rotatable bonds is 7. The Morgan fingerprint density at radius 3 is 2.50 bits per heavy atom. The number of benzene rings is 1. The Hall–Kier alpha value is -1.81. The van der Waals surface area contributed by atoms with Crippen LogP contribution in [0.25, 0.3) is 0 Å². The van der Waals surface area contributed by atoms with E-state index in [1.165, 1.54) is 6.07 Å². The molecule has 1 aromatic carbocycles. The van der Waals surface area contributed by atoms with E-state index in [4.69, 9.17) is 0 Å². The van der Waals surface area contributed by atoms with Gasteiger partial charge in [-0.1, -0.05) is 12.1 Å². The number of sulfonamides is 1. The fourth-order valence-electron chi connectivity index (χ4n) is 1.78. The zero-order chi connectivity index (χ0) is 18.2. The molecule has 0 bridgehead atoms. The Labute approximate surface area is 139 Å². The van der Waals surface area contributed by atoms with Gasteiger partial charge in [0.05, 0.1) is 18.4 Å². The average molecular weight is 366 g/mol. The lowest BCUT2D eigenvalue weighted by atomic mass is 10.1. The van der Waals surface area contributed by atoms with Crippen LogP contribution in [0.15, 0.2) is 29.3 Å². The van der Waals surface area contributed by atoms with E-state index in [1.54, 1.807) is 6.07 Å². The quantitative estimate of drug-likeness (QED) is 0.386. The third-order valence-corrected chi connectivity index (χ3v) is 3.53. The largest absolute Gasteiger partial charge is 0.416 e. The highest BCUT2D eigenvalue weighted by molar-refractivity contribution is 7.88. The summed E-state index contributed by atoms with van der Waals surface area (Å²) in [5.41, 5.74) is -0.290. The van der Waals surface area contributed by atoms with Gasteiger partial charge in [0.1, 0.15) is 0 Å². The van der Waals surface area contributed by atoms with Gasteiger partial charge in [0.25, 0.3) is 0 Å². The summed E-state index contributed by atoms with van der Waals surface area (Å²) in [6.07, 6.45) is -3.33. The van der Waals surface area contributed by atoms with Crippen LogP contribution in [0, 0.1) is 0 Å². The normalized spacial score (nSPS) is 13.0. The molecule has 0 aliphatic heterocycles. The zero-order valence-corrected chi connectivity index (χ0v) is 14.3. The van der Waals surface area contributed by atoms with Gasteiger partial charge in [0.2, 0.25) is 10.0 Å². The first kappa shape index (κ1) is 20.2. The van der Waals surface area contributed by atoms with Crippen LogP contribution in [0.2, 0.25) is 0 Å². The molecule has 0 aliphatic carbocycles. The number of hydrogen-bond acceptors (Lipinski definition) is 3. The predicted octanol–water partition coefficient (Wildman–Crippen LogP) is 1.31. The molecule has 0 heterocycles. The Bertz CT molecular complexity index is 660. The third-order valence-electron chi connectivity index (χ3n) is 2.80. The summed E-state index contributed by atoms with van der Waals surface area (Å²) in [6.45, 7) is 2.94. The molecule has 0 saturated heterocycles. The number of halogens is 3. The molecule has 1 aromatic rings. The van der Waals surface area contributed by atoms with E-state index in [0.717, 1.165) is 18.4 Å². The van der Waals surface area contributed by atoms with E-state index in [1.807, 2.05) is 6.92 Å². The van der Waals surface area contributed by atoms with E-state index >= 15 is 0 Å². The maximum atomic E-state index is 12.7. The Morgan fingerprint density at radius 2 is 1.92 bits per heavy atom. The van der Waals surface area contributed by atoms with Gasteiger partial charge < -0.3 is 10.6 Å². The fraction of sp³-hybridized carbons (Fsp3) is 0.500. The van der Waals surface area contributed by atoms with Crippen LogP contribution in [0.1, 0.15) is 18.1 Å². The maximum absolute atomic E-state index is 12.7. The summed E-state index contributed by atoms with van der Waals surface area (Å²) in [7, 11) is -3.27. The molecule has 0 fully saturated rings. The highest BCUT2D eigenvalue weighted by atomic mass is 32.2. The molecule has 136 valence electrons. The second kappa shape index (κ2) is 8.88. The van der Waals surface area contributed by atoms with Crippen LogP contribution < -0.4 is 15.4 Å². The van der Waals surface area contributed by atoms with Crippen molar-refractivity contribution in [3.8, 4) is 0 Å². The molecule has 0 aromatic heterocycles. The van der Waals surface area contributed by atoms with Gasteiger partial charge in [-0.3, -0.25) is 0 Å². The van der Waals surface area contributed by atoms with Crippen LogP contribution in [-0.2, 0) is 22.7 Å². The molecular weight excluding hydrogens is 345 g/mol. The Morgan fingerprint density at radius 1 is 1.21 bits per heavy atom. The Balaban J connectivity index is 2.65. The van der Waals surface area contributed by atoms with Gasteiger partial charge in [-0.15, -0.1) is 0 Å². The lowest BCUT2D eigenvalue weighted by Crippen LogP contribution is -2.41. The van der Waals surface area contributed by atoms with Crippen molar-refractivity contribution in [2.75, 3.05) is 25.9 Å². The number of nitrogens with zero attached hydrogens (tertiary/aromatic N) is 1. The minimum atomic E-state index is -4.39. The first-order valence-electron chi connectivity index (χ1n) is 7.25. The summed E-state index contributed by atoms with van der Waals surface area (Å²) in [5.74, 6) is 0.394. The lowest BCUT2D eigenvalue weighted by Gasteiger charge is -2.12. The van der Waals surface area contributed by atoms with E-state index in [9.17, 15) is 21.6 Å². The van der Waals surface area contributed by atoms with Crippen molar-refractivity contribution in [3.63, 3.8) is 0 Å². The first-order valence-corrected chi connectivity index (χ1v) is 9.14. The van der Waals surface area contributed by atoms with Gasteiger partial charge in [-0.2, -0.15) is 13.2 Å². The molecule has 24 heavy (non-hydrogen) atoms. The summed E-state index contributed by atoms with van der Waals surface area (Å²) in [4.78, 5) is 4.19. The predicted molar refractivity (Wildman–Crippen MR) is 87.1 cm³/mol. The molecule has 0 unspecified atom stereocenters. The Kier molecular flexibility index (Phi) is 7.49. The second-order valence-corrected chi connectivity index (χ2v) is 6.82. The molecule has 3 N–H and O–H groups in total. The van der Waals surface area contributed by atoms with Crippen molar-refractivity contribution in [2.45, 2.75) is 19.6 Å². The first-order chi connectivity index (χ1) is 11.1. The number of guanidine groups is 1. The fourth-order valence-corrected chi connectivity index (χ4v) is 2.25. The van der Waals surface area contributed by atoms with Crippen molar-refractivity contribution in [1.29, 1.82) is 0 Å². The lowest BCUT2D eigenvalue weighted by molar-refractivity contribution is -0.137. The van der Waals surface area contributed by atoms with E-state index in [-0.39, 0.29) is 13.1 Å². The van der Waals surface area contributed by atoms with Crippen LogP contribution in [0.5, 0.6) is 0 Å². The monoisotopic (exact) mass is 366 g/mol. The topological polar surface area (TPSA) is 82.6 Å². The molecule has 0 spiro atoms. The minimum Gasteiger partial charge on any atom is -0.357 e. The number of aliphatic imine (C=N–C) groups is 1. The van der Waals surface area contributed by atoms with Gasteiger partial charge in [-0.25, -0.2) is 18.1 Å². The standard InChI is InChI=1S/C14H21F3N4O2S/c1-3-18-13(19-7-8-21-24(2,22)23)20-10-11-5-4-6-12(9-11)14(15,16)17/h4-6,9,21H,3,7-8,10H2,1-2H3,(H2,18,19,20). The number of hydrogen-bond donors (Lipinski definition) is 3. The second-order valence-electron chi connectivity index (χ2n) is 4.99. The summed E-state index contributed by atoms with van der Waals surface area (Å²) in [6, 6.07) is 4.96. The molecule has 10 heteroatoms. The number of nitrogens with one attached hydrogen (secondary N) is 3. The number of alkyl halides is 3. The van der Waals surface area contributed by atoms with Gasteiger partial charge >= 0.3 is 6.18 Å². The maximum Gasteiger partial charge on any atom is 0.416 e. The highest BCUT2D eigenvalue weighted by Crippen LogP contribution is 2.29. The van der Waals surface area contributed by atoms with E-state index in [2.05, 4.69) is 20.3 Å². The summed E-state index contributed by atoms with van der Waals surface area (Å²) in [5, 5.41) is 5.83. The molecular formula is C14H21F3N4O2S. The molecule has 0 radical (unpaired) electrons. The van der Waals surface area contributed by atoms with Crippen molar-refractivity contribution in [1.82, 2.24) is 15.4 Å². The van der Waals surface area contributed by atoms with Crippen molar-refractivity contribution in [2.24, 2.45) is 4.99 Å². The third kappa shape index (κ3) is 8.16. The SMILES string of the molecule is CCNC(=NCc1cccc(C(F)(F)F)c1)NCCNS(C)(=O)=O. The minimum absolute atomic E-state index is 0.0682. The summed E-state index contributed by atoms with van der Waals surface area (Å²) >= 11 is 0. The molecule has 6 nitrogen and oxygen atoms in total. The van der Waals surface area contributed by atoms with Gasteiger partial charge in [0.15, 0.2) is 5.96 Å². The molecule has 1 rings (SSSR count). The van der Waals surface area contributed by atoms with Crippen LogP contribution in [0.4, 0.5) is 13.2 Å². The smallest absolute Gasteiger partial charge is 0.357 e. The van der Waals surface area contributed by atoms with Gasteiger partial charge in [0, 0.05) is 19.6 Å². The molecule has 0 aliphatic rings. The van der Waals surface area contributed by atoms with Gasteiger partial charge in [-0.05, 0) is 24.6 Å². The van der Waals surface area contributed by atoms with Crippen LogP contribution in [0.3, 0.4) is 0 Å². The van der Waals surface area contributed by atoms with E-state index in [0.29, 0.717) is 24.6 Å². The van der Waals surface area contributed by atoms with Crippen LogP contribution in [-0.4, -0.2) is 40.3 Å². The molecule has 0 atom stereocenters. The average Bonchev–Trinajstić information content (AvgIpc) is 2.47. The van der Waals surface area contributed by atoms with E-state index < -0.39 is 21.8 Å². The summed E-state index contributed by atoms with van der Waals surface area (Å²) < 4.78 is 62.2. The van der Waals surface area contributed by atoms with Crippen molar-refractivity contribution in [3.05, 3.63) is 35.4 Å². The van der Waals surface area contributed by atoms with Crippen molar-refractivity contribution < 1.29 is 21.6 Å². The van der Waals surface area contributed by atoms with Crippen molar-refractivity contribution >= 4 is 16.0 Å².